The number of nitriles is 1. The Morgan fingerprint density at radius 1 is 0.243 bits per heavy atom. The third-order valence-electron chi connectivity index (χ3n) is 14.7. The van der Waals surface area contributed by atoms with Gasteiger partial charge in [-0.15, -0.1) is 0 Å². The lowest BCUT2D eigenvalue weighted by Crippen LogP contribution is -2.01. The van der Waals surface area contributed by atoms with Crippen molar-refractivity contribution in [3.63, 3.8) is 0 Å². The molecule has 0 fully saturated rings. The summed E-state index contributed by atoms with van der Waals surface area (Å²) in [5, 5.41) is 18.0. The summed E-state index contributed by atoms with van der Waals surface area (Å²) in [4.78, 5) is 15.6. The van der Waals surface area contributed by atoms with Gasteiger partial charge in [-0.05, 0) is 147 Å². The van der Waals surface area contributed by atoms with Gasteiger partial charge >= 0.3 is 0 Å². The lowest BCUT2D eigenvalue weighted by molar-refractivity contribution is 1.07. The maximum Gasteiger partial charge on any atom is 0.164 e. The van der Waals surface area contributed by atoms with Gasteiger partial charge in [0, 0.05) is 16.7 Å². The fourth-order valence-electron chi connectivity index (χ4n) is 11.2. The number of nitrogens with zero attached hydrogens (tertiary/aromatic N) is 4. The van der Waals surface area contributed by atoms with E-state index in [2.05, 4.69) is 224 Å². The quantitative estimate of drug-likeness (QED) is 0.142. The number of hydrogen-bond donors (Lipinski definition) is 0. The summed E-state index contributed by atoms with van der Waals surface area (Å²) in [6.07, 6.45) is 0. The highest BCUT2D eigenvalue weighted by atomic mass is 15.0. The van der Waals surface area contributed by atoms with E-state index >= 15 is 0 Å². The standard InChI is InChI=1S/C70H42N4/c71-43-55-40-50(33-35-56(55)52-24-11-22-48(38-52)51-34-36-61-62-31-13-18-44-19-14-32-63(67(44)62)66(61)41-51)47-21-10-20-46(37-47)49-23-12-25-54(39-49)69-72-68(45-15-2-1-3-16-45)73-70(74-69)64-30-9-8-29-60(64)65-42-53-17-4-5-26-57(53)58-27-6-7-28-59(58)65/h1-42H. The first-order chi connectivity index (χ1) is 36.6. The van der Waals surface area contributed by atoms with Crippen molar-refractivity contribution in [2.45, 2.75) is 0 Å². The number of aromatic nitrogens is 3. The van der Waals surface area contributed by atoms with Crippen LogP contribution in [0.4, 0.5) is 0 Å². The highest BCUT2D eigenvalue weighted by Gasteiger charge is 2.22. The lowest BCUT2D eigenvalue weighted by atomic mass is 9.91. The fraction of sp³-hybridized carbons (Fsp3) is 0. The Bertz CT molecular complexity index is 4450. The number of benzene rings is 12. The van der Waals surface area contributed by atoms with Crippen molar-refractivity contribution < 1.29 is 0 Å². The van der Waals surface area contributed by atoms with E-state index in [-0.39, 0.29) is 0 Å². The summed E-state index contributed by atoms with van der Waals surface area (Å²) >= 11 is 0. The van der Waals surface area contributed by atoms with Crippen LogP contribution in [0.5, 0.6) is 0 Å². The average molecular weight is 939 g/mol. The molecule has 0 amide bonds. The van der Waals surface area contributed by atoms with Crippen LogP contribution >= 0.6 is 0 Å². The smallest absolute Gasteiger partial charge is 0.164 e. The fourth-order valence-corrected chi connectivity index (χ4v) is 11.2. The molecule has 342 valence electrons. The third kappa shape index (κ3) is 7.34. The Labute approximate surface area is 428 Å². The van der Waals surface area contributed by atoms with E-state index in [0.717, 1.165) is 72.3 Å². The first kappa shape index (κ1) is 42.8. The van der Waals surface area contributed by atoms with Crippen LogP contribution in [0.2, 0.25) is 0 Å². The molecule has 0 unspecified atom stereocenters. The van der Waals surface area contributed by atoms with Crippen LogP contribution in [-0.2, 0) is 0 Å². The first-order valence-corrected chi connectivity index (χ1v) is 25.0. The Hall–Kier alpha value is -10.1. The molecule has 4 heteroatoms. The summed E-state index contributed by atoms with van der Waals surface area (Å²) in [5.41, 5.74) is 18.9. The van der Waals surface area contributed by atoms with E-state index in [1.165, 1.54) is 54.6 Å². The van der Waals surface area contributed by atoms with Gasteiger partial charge in [0.2, 0.25) is 0 Å². The molecule has 0 N–H and O–H groups in total. The topological polar surface area (TPSA) is 62.5 Å². The largest absolute Gasteiger partial charge is 0.208 e. The molecule has 74 heavy (non-hydrogen) atoms. The highest BCUT2D eigenvalue weighted by Crippen LogP contribution is 2.48. The summed E-state index contributed by atoms with van der Waals surface area (Å²) in [6, 6.07) is 92.2. The van der Waals surface area contributed by atoms with E-state index in [4.69, 9.17) is 15.0 Å². The minimum atomic E-state index is 0.586. The molecule has 4 nitrogen and oxygen atoms in total. The molecule has 0 radical (unpaired) electrons. The minimum absolute atomic E-state index is 0.586. The third-order valence-corrected chi connectivity index (χ3v) is 14.7. The van der Waals surface area contributed by atoms with Gasteiger partial charge in [0.25, 0.3) is 0 Å². The Morgan fingerprint density at radius 2 is 0.703 bits per heavy atom. The molecule has 1 heterocycles. The number of fused-ring (bicyclic) bond motifs is 6. The summed E-state index contributed by atoms with van der Waals surface area (Å²) in [5.74, 6) is 1.79. The minimum Gasteiger partial charge on any atom is -0.208 e. The molecular weight excluding hydrogens is 897 g/mol. The monoisotopic (exact) mass is 938 g/mol. The van der Waals surface area contributed by atoms with Crippen molar-refractivity contribution in [1.82, 2.24) is 15.0 Å². The molecule has 12 aromatic carbocycles. The molecule has 0 saturated heterocycles. The maximum atomic E-state index is 10.6. The summed E-state index contributed by atoms with van der Waals surface area (Å²) in [6.45, 7) is 0. The zero-order valence-electron chi connectivity index (χ0n) is 40.0. The van der Waals surface area contributed by atoms with Gasteiger partial charge < -0.3 is 0 Å². The van der Waals surface area contributed by atoms with Gasteiger partial charge in [-0.1, -0.05) is 218 Å². The second kappa shape index (κ2) is 17.6. The predicted molar refractivity (Wildman–Crippen MR) is 305 cm³/mol. The molecule has 0 atom stereocenters. The van der Waals surface area contributed by atoms with Gasteiger partial charge in [-0.25, -0.2) is 15.0 Å². The van der Waals surface area contributed by atoms with Gasteiger partial charge in [0.1, 0.15) is 0 Å². The van der Waals surface area contributed by atoms with Crippen LogP contribution in [0, 0.1) is 11.3 Å². The molecule has 1 aliphatic carbocycles. The van der Waals surface area contributed by atoms with Crippen LogP contribution in [-0.4, -0.2) is 15.0 Å². The SMILES string of the molecule is N#Cc1cc(-c2cccc(-c3cccc(-c4nc(-c5ccccc5)nc(-c5ccccc5-c5cc6ccccc6c6ccccc56)n4)c3)c2)ccc1-c1cccc(-c2ccc3c(c2)-c2cccc4cccc-3c24)c1. The zero-order valence-corrected chi connectivity index (χ0v) is 40.0. The molecular formula is C70H42N4. The second-order valence-corrected chi connectivity index (χ2v) is 19.0. The molecule has 0 aliphatic heterocycles. The van der Waals surface area contributed by atoms with Crippen molar-refractivity contribution in [2.24, 2.45) is 0 Å². The van der Waals surface area contributed by atoms with Crippen LogP contribution < -0.4 is 0 Å². The highest BCUT2D eigenvalue weighted by molar-refractivity contribution is 6.16. The Morgan fingerprint density at radius 3 is 1.43 bits per heavy atom. The second-order valence-electron chi connectivity index (χ2n) is 19.0. The van der Waals surface area contributed by atoms with E-state index < -0.39 is 0 Å². The van der Waals surface area contributed by atoms with Crippen LogP contribution in [0.3, 0.4) is 0 Å². The van der Waals surface area contributed by atoms with Gasteiger partial charge in [0.15, 0.2) is 17.5 Å². The van der Waals surface area contributed by atoms with Crippen LogP contribution in [0.15, 0.2) is 255 Å². The van der Waals surface area contributed by atoms with Gasteiger partial charge in [-0.3, -0.25) is 0 Å². The molecule has 14 rings (SSSR count). The van der Waals surface area contributed by atoms with E-state index in [1.807, 2.05) is 36.4 Å². The predicted octanol–water partition coefficient (Wildman–Crippen LogP) is 18.2. The van der Waals surface area contributed by atoms with Crippen LogP contribution in [0.25, 0.3) is 144 Å². The summed E-state index contributed by atoms with van der Waals surface area (Å²) in [7, 11) is 0. The zero-order chi connectivity index (χ0) is 49.1. The average Bonchev–Trinajstić information content (AvgIpc) is 3.83. The van der Waals surface area contributed by atoms with E-state index in [9.17, 15) is 5.26 Å². The van der Waals surface area contributed by atoms with Crippen molar-refractivity contribution in [2.75, 3.05) is 0 Å². The molecule has 13 aromatic rings. The van der Waals surface area contributed by atoms with Crippen LogP contribution in [0.1, 0.15) is 5.56 Å². The molecule has 0 bridgehead atoms. The van der Waals surface area contributed by atoms with E-state index in [1.54, 1.807) is 0 Å². The normalized spacial score (nSPS) is 11.5. The number of rotatable bonds is 8. The van der Waals surface area contributed by atoms with Crippen molar-refractivity contribution in [1.29, 1.82) is 5.26 Å². The van der Waals surface area contributed by atoms with E-state index in [0.29, 0.717) is 23.0 Å². The van der Waals surface area contributed by atoms with Crippen molar-refractivity contribution in [3.8, 4) is 118 Å². The summed E-state index contributed by atoms with van der Waals surface area (Å²) < 4.78 is 0. The Kier molecular flexibility index (Phi) is 10.2. The molecule has 1 aromatic heterocycles. The van der Waals surface area contributed by atoms with Crippen molar-refractivity contribution >= 4 is 32.3 Å². The van der Waals surface area contributed by atoms with Crippen molar-refractivity contribution in [3.05, 3.63) is 260 Å². The number of hydrogen-bond acceptors (Lipinski definition) is 4. The molecule has 0 spiro atoms. The van der Waals surface area contributed by atoms with Gasteiger partial charge in [0.05, 0.1) is 11.6 Å². The Balaban J connectivity index is 0.801. The maximum absolute atomic E-state index is 10.6. The van der Waals surface area contributed by atoms with Gasteiger partial charge in [-0.2, -0.15) is 5.26 Å². The molecule has 0 saturated carbocycles. The first-order valence-electron chi connectivity index (χ1n) is 25.0. The lowest BCUT2D eigenvalue weighted by Gasteiger charge is -2.15. The molecule has 1 aliphatic rings.